The lowest BCUT2D eigenvalue weighted by Crippen LogP contribution is -2.27. The predicted molar refractivity (Wildman–Crippen MR) is 70.9 cm³/mol. The van der Waals surface area contributed by atoms with Crippen LogP contribution in [0.25, 0.3) is 0 Å². The van der Waals surface area contributed by atoms with Gasteiger partial charge in [-0.05, 0) is 31.0 Å². The number of halogens is 1. The van der Waals surface area contributed by atoms with Gasteiger partial charge in [-0.25, -0.2) is 12.7 Å². The molecule has 1 aromatic rings. The summed E-state index contributed by atoms with van der Waals surface area (Å²) in [7, 11) is -1.81. The van der Waals surface area contributed by atoms with Crippen molar-refractivity contribution in [1.29, 1.82) is 0 Å². The van der Waals surface area contributed by atoms with E-state index in [4.69, 9.17) is 11.6 Å². The first-order valence-corrected chi connectivity index (χ1v) is 7.44. The quantitative estimate of drug-likeness (QED) is 0.828. The Kier molecular flexibility index (Phi) is 4.98. The summed E-state index contributed by atoms with van der Waals surface area (Å²) in [6.07, 6.45) is 1.82. The highest BCUT2D eigenvalue weighted by Crippen LogP contribution is 2.22. The molecule has 3 nitrogen and oxygen atoms in total. The molecule has 96 valence electrons. The number of hydrogen-bond donors (Lipinski definition) is 0. The first kappa shape index (κ1) is 14.5. The first-order valence-electron chi connectivity index (χ1n) is 5.62. The summed E-state index contributed by atoms with van der Waals surface area (Å²) < 4.78 is 25.7. The Labute approximate surface area is 108 Å². The molecule has 0 atom stereocenters. The highest BCUT2D eigenvalue weighted by atomic mass is 35.5. The van der Waals surface area contributed by atoms with Gasteiger partial charge in [0.05, 0.1) is 4.90 Å². The van der Waals surface area contributed by atoms with Gasteiger partial charge >= 0.3 is 0 Å². The maximum atomic E-state index is 12.2. The Bertz CT molecular complexity index is 485. The molecule has 1 rings (SSSR count). The van der Waals surface area contributed by atoms with Crippen LogP contribution in [0.1, 0.15) is 25.3 Å². The number of unbranched alkanes of at least 4 members (excludes halogenated alkanes) is 1. The molecule has 5 heteroatoms. The second-order valence-electron chi connectivity index (χ2n) is 4.09. The number of hydrogen-bond acceptors (Lipinski definition) is 2. The molecule has 0 aliphatic rings. The van der Waals surface area contributed by atoms with Crippen molar-refractivity contribution in [2.75, 3.05) is 13.6 Å². The van der Waals surface area contributed by atoms with Crippen LogP contribution < -0.4 is 0 Å². The van der Waals surface area contributed by atoms with Gasteiger partial charge < -0.3 is 0 Å². The van der Waals surface area contributed by atoms with Gasteiger partial charge in [-0.3, -0.25) is 0 Å². The summed E-state index contributed by atoms with van der Waals surface area (Å²) >= 11 is 5.95. The molecule has 0 aromatic heterocycles. The highest BCUT2D eigenvalue weighted by Gasteiger charge is 2.20. The highest BCUT2D eigenvalue weighted by molar-refractivity contribution is 7.89. The Balaban J connectivity index is 3.00. The summed E-state index contributed by atoms with van der Waals surface area (Å²) in [4.78, 5) is 0.256. The summed E-state index contributed by atoms with van der Waals surface area (Å²) in [5.41, 5.74) is 0.877. The van der Waals surface area contributed by atoms with Crippen LogP contribution in [0.5, 0.6) is 0 Å². The normalized spacial score (nSPS) is 12.1. The van der Waals surface area contributed by atoms with Crippen LogP contribution in [0.15, 0.2) is 23.1 Å². The molecule has 1 aromatic carbocycles. The van der Waals surface area contributed by atoms with Gasteiger partial charge in [0.25, 0.3) is 0 Å². The number of benzene rings is 1. The van der Waals surface area contributed by atoms with Gasteiger partial charge in [0.1, 0.15) is 0 Å². The fraction of sp³-hybridized carbons (Fsp3) is 0.500. The van der Waals surface area contributed by atoms with Crippen LogP contribution in [0.4, 0.5) is 0 Å². The van der Waals surface area contributed by atoms with E-state index in [9.17, 15) is 8.42 Å². The minimum absolute atomic E-state index is 0.256. The molecule has 0 heterocycles. The molecular formula is C12H18ClNO2S. The third-order valence-electron chi connectivity index (χ3n) is 2.68. The maximum absolute atomic E-state index is 12.2. The van der Waals surface area contributed by atoms with Gasteiger partial charge in [-0.2, -0.15) is 0 Å². The molecule has 0 radical (unpaired) electrons. The van der Waals surface area contributed by atoms with Crippen molar-refractivity contribution < 1.29 is 8.42 Å². The smallest absolute Gasteiger partial charge is 0.207 e. The Morgan fingerprint density at radius 3 is 2.53 bits per heavy atom. The molecule has 17 heavy (non-hydrogen) atoms. The molecule has 0 amide bonds. The number of nitrogens with zero attached hydrogens (tertiary/aromatic N) is 1. The van der Waals surface area contributed by atoms with E-state index in [2.05, 4.69) is 0 Å². The zero-order valence-electron chi connectivity index (χ0n) is 10.4. The molecule has 0 saturated heterocycles. The molecule has 0 fully saturated rings. The Morgan fingerprint density at radius 1 is 1.35 bits per heavy atom. The minimum Gasteiger partial charge on any atom is -0.207 e. The van der Waals surface area contributed by atoms with Gasteiger partial charge in [-0.1, -0.05) is 31.0 Å². The molecule has 0 saturated carbocycles. The second-order valence-corrected chi connectivity index (χ2v) is 6.54. The molecular weight excluding hydrogens is 258 g/mol. The second kappa shape index (κ2) is 5.85. The van der Waals surface area contributed by atoms with Gasteiger partial charge in [0.2, 0.25) is 10.0 Å². The van der Waals surface area contributed by atoms with E-state index in [1.165, 1.54) is 10.4 Å². The van der Waals surface area contributed by atoms with E-state index < -0.39 is 10.0 Å². The molecule has 0 bridgehead atoms. The maximum Gasteiger partial charge on any atom is 0.242 e. The average Bonchev–Trinajstić information content (AvgIpc) is 2.29. The van der Waals surface area contributed by atoms with Gasteiger partial charge in [0, 0.05) is 18.6 Å². The Morgan fingerprint density at radius 2 is 2.00 bits per heavy atom. The van der Waals surface area contributed by atoms with Crippen molar-refractivity contribution in [1.82, 2.24) is 4.31 Å². The van der Waals surface area contributed by atoms with E-state index in [-0.39, 0.29) is 4.90 Å². The van der Waals surface area contributed by atoms with E-state index >= 15 is 0 Å². The number of sulfonamides is 1. The monoisotopic (exact) mass is 275 g/mol. The third kappa shape index (κ3) is 3.44. The largest absolute Gasteiger partial charge is 0.242 e. The minimum atomic E-state index is -3.40. The van der Waals surface area contributed by atoms with Crippen LogP contribution in [0, 0.1) is 6.92 Å². The van der Waals surface area contributed by atoms with E-state index in [1.54, 1.807) is 19.2 Å². The van der Waals surface area contributed by atoms with Crippen LogP contribution in [-0.2, 0) is 10.0 Å². The predicted octanol–water partition coefficient (Wildman–Crippen LogP) is 3.07. The lowest BCUT2D eigenvalue weighted by Gasteiger charge is -2.17. The zero-order valence-corrected chi connectivity index (χ0v) is 12.0. The molecule has 0 unspecified atom stereocenters. The Hall–Kier alpha value is -0.580. The van der Waals surface area contributed by atoms with Crippen molar-refractivity contribution in [2.45, 2.75) is 31.6 Å². The SMILES string of the molecule is CCCCN(C)S(=O)(=O)c1ccc(C)c(Cl)c1. The van der Waals surface area contributed by atoms with Crippen LogP contribution in [0.3, 0.4) is 0 Å². The standard InChI is InChI=1S/C12H18ClNO2S/c1-4-5-8-14(3)17(15,16)11-7-6-10(2)12(13)9-11/h6-7,9H,4-5,8H2,1-3H3. The van der Waals surface area contributed by atoms with Crippen LogP contribution in [-0.4, -0.2) is 26.3 Å². The van der Waals surface area contributed by atoms with E-state index in [1.807, 2.05) is 13.8 Å². The number of aryl methyl sites for hydroxylation is 1. The van der Waals surface area contributed by atoms with Crippen molar-refractivity contribution in [2.24, 2.45) is 0 Å². The fourth-order valence-electron chi connectivity index (χ4n) is 1.41. The van der Waals surface area contributed by atoms with Gasteiger partial charge in [-0.15, -0.1) is 0 Å². The lowest BCUT2D eigenvalue weighted by atomic mass is 10.2. The average molecular weight is 276 g/mol. The van der Waals surface area contributed by atoms with E-state index in [0.717, 1.165) is 18.4 Å². The number of rotatable bonds is 5. The van der Waals surface area contributed by atoms with Crippen LogP contribution in [0.2, 0.25) is 5.02 Å². The topological polar surface area (TPSA) is 37.4 Å². The molecule has 0 aliphatic carbocycles. The van der Waals surface area contributed by atoms with Crippen molar-refractivity contribution in [3.63, 3.8) is 0 Å². The fourth-order valence-corrected chi connectivity index (χ4v) is 2.90. The zero-order chi connectivity index (χ0) is 13.1. The molecule has 0 N–H and O–H groups in total. The summed E-state index contributed by atoms with van der Waals surface area (Å²) in [5.74, 6) is 0. The molecule has 0 spiro atoms. The first-order chi connectivity index (χ1) is 7.89. The summed E-state index contributed by atoms with van der Waals surface area (Å²) in [5, 5.41) is 0.481. The van der Waals surface area contributed by atoms with Gasteiger partial charge in [0.15, 0.2) is 0 Å². The summed E-state index contributed by atoms with van der Waals surface area (Å²) in [6.45, 7) is 4.41. The summed E-state index contributed by atoms with van der Waals surface area (Å²) in [6, 6.07) is 4.83. The van der Waals surface area contributed by atoms with Crippen molar-refractivity contribution >= 4 is 21.6 Å². The van der Waals surface area contributed by atoms with E-state index in [0.29, 0.717) is 11.6 Å². The third-order valence-corrected chi connectivity index (χ3v) is 4.94. The van der Waals surface area contributed by atoms with Crippen molar-refractivity contribution in [3.8, 4) is 0 Å². The van der Waals surface area contributed by atoms with Crippen LogP contribution >= 0.6 is 11.6 Å². The molecule has 0 aliphatic heterocycles. The lowest BCUT2D eigenvalue weighted by molar-refractivity contribution is 0.459. The van der Waals surface area contributed by atoms with Crippen molar-refractivity contribution in [3.05, 3.63) is 28.8 Å².